The number of rotatable bonds is 8. The van der Waals surface area contributed by atoms with E-state index in [2.05, 4.69) is 25.6 Å². The first-order valence-electron chi connectivity index (χ1n) is 11.2. The van der Waals surface area contributed by atoms with E-state index < -0.39 is 0 Å². The molecule has 4 aromatic rings. The highest BCUT2D eigenvalue weighted by molar-refractivity contribution is 7.22. The third-order valence-corrected chi connectivity index (χ3v) is 6.41. The van der Waals surface area contributed by atoms with Crippen molar-refractivity contribution in [3.8, 4) is 5.75 Å². The number of benzene rings is 2. The summed E-state index contributed by atoms with van der Waals surface area (Å²) < 4.78 is 13.7. The molecular formula is C24H26N6O3S. The molecule has 2 aromatic carbocycles. The van der Waals surface area contributed by atoms with Gasteiger partial charge in [-0.05, 0) is 36.4 Å². The van der Waals surface area contributed by atoms with E-state index >= 15 is 0 Å². The highest BCUT2D eigenvalue weighted by atomic mass is 32.1. The van der Waals surface area contributed by atoms with Crippen LogP contribution in [-0.4, -0.2) is 65.2 Å². The molecule has 1 saturated heterocycles. The minimum Gasteiger partial charge on any atom is -0.492 e. The summed E-state index contributed by atoms with van der Waals surface area (Å²) in [5, 5.41) is 11.3. The molecule has 1 fully saturated rings. The van der Waals surface area contributed by atoms with Gasteiger partial charge in [-0.25, -0.2) is 9.78 Å². The number of fused-ring (bicyclic) bond motifs is 1. The van der Waals surface area contributed by atoms with Gasteiger partial charge in [0.2, 0.25) is 0 Å². The van der Waals surface area contributed by atoms with Crippen LogP contribution in [0, 0.1) is 0 Å². The molecule has 3 heterocycles. The number of carbonyl (C=O) groups excluding carboxylic acids is 1. The molecule has 0 saturated carbocycles. The Morgan fingerprint density at radius 1 is 1.12 bits per heavy atom. The van der Waals surface area contributed by atoms with Gasteiger partial charge in [-0.3, -0.25) is 4.90 Å². The zero-order valence-corrected chi connectivity index (χ0v) is 19.5. The maximum absolute atomic E-state index is 12.4. The van der Waals surface area contributed by atoms with Crippen molar-refractivity contribution in [1.82, 2.24) is 19.7 Å². The van der Waals surface area contributed by atoms with E-state index in [1.807, 2.05) is 54.6 Å². The minimum absolute atomic E-state index is 0.307. The number of carbonyl (C=O) groups is 1. The average molecular weight is 479 g/mol. The van der Waals surface area contributed by atoms with Gasteiger partial charge in [0.15, 0.2) is 5.13 Å². The van der Waals surface area contributed by atoms with Crippen molar-refractivity contribution in [1.29, 1.82) is 0 Å². The van der Waals surface area contributed by atoms with Crippen LogP contribution >= 0.6 is 11.3 Å². The lowest BCUT2D eigenvalue weighted by atomic mass is 10.3. The summed E-state index contributed by atoms with van der Waals surface area (Å²) in [5.41, 5.74) is 2.39. The Kier molecular flexibility index (Phi) is 6.99. The third kappa shape index (κ3) is 5.71. The maximum Gasteiger partial charge on any atom is 0.346 e. The van der Waals surface area contributed by atoms with Crippen molar-refractivity contribution in [2.24, 2.45) is 0 Å². The average Bonchev–Trinajstić information content (AvgIpc) is 3.51. The van der Waals surface area contributed by atoms with Crippen LogP contribution < -0.4 is 15.4 Å². The predicted molar refractivity (Wildman–Crippen MR) is 133 cm³/mol. The van der Waals surface area contributed by atoms with E-state index in [4.69, 9.17) is 9.47 Å². The summed E-state index contributed by atoms with van der Waals surface area (Å²) in [4.78, 5) is 19.3. The number of anilines is 2. The fourth-order valence-electron chi connectivity index (χ4n) is 3.63. The quantitative estimate of drug-likeness (QED) is 0.397. The minimum atomic E-state index is -0.307. The normalized spacial score (nSPS) is 14.2. The Morgan fingerprint density at radius 2 is 1.97 bits per heavy atom. The van der Waals surface area contributed by atoms with Crippen LogP contribution in [0.2, 0.25) is 0 Å². The lowest BCUT2D eigenvalue weighted by Gasteiger charge is -2.26. The molecule has 0 atom stereocenters. The van der Waals surface area contributed by atoms with E-state index in [9.17, 15) is 4.79 Å². The van der Waals surface area contributed by atoms with Gasteiger partial charge >= 0.3 is 6.03 Å². The molecule has 0 aliphatic carbocycles. The lowest BCUT2D eigenvalue weighted by Crippen LogP contribution is -2.38. The first-order valence-corrected chi connectivity index (χ1v) is 12.0. The molecule has 2 aromatic heterocycles. The second-order valence-corrected chi connectivity index (χ2v) is 8.88. The van der Waals surface area contributed by atoms with Crippen LogP contribution in [-0.2, 0) is 11.3 Å². The van der Waals surface area contributed by atoms with Gasteiger partial charge in [0, 0.05) is 31.5 Å². The monoisotopic (exact) mass is 478 g/mol. The largest absolute Gasteiger partial charge is 0.492 e. The van der Waals surface area contributed by atoms with Crippen LogP contribution in [0.5, 0.6) is 5.75 Å². The van der Waals surface area contributed by atoms with Crippen molar-refractivity contribution in [2.45, 2.75) is 6.54 Å². The second kappa shape index (κ2) is 10.6. The Balaban J connectivity index is 1.13. The molecule has 0 spiro atoms. The number of hydrogen-bond acceptors (Lipinski definition) is 8. The van der Waals surface area contributed by atoms with Crippen molar-refractivity contribution < 1.29 is 14.3 Å². The summed E-state index contributed by atoms with van der Waals surface area (Å²) in [6.07, 6.45) is 1.65. The standard InChI is InChI=1S/C24H26N6O3S/c31-24(26-18-4-2-1-3-5-18)30-9-8-19(28-30)17-25-23-27-21-7-6-20(16-22(21)34-23)33-15-12-29-10-13-32-14-11-29/h1-9,16H,10-15,17H2,(H,25,27)(H,26,31). The van der Waals surface area contributed by atoms with E-state index in [0.29, 0.717) is 13.2 Å². The summed E-state index contributed by atoms with van der Waals surface area (Å²) in [5.74, 6) is 0.846. The van der Waals surface area contributed by atoms with Crippen molar-refractivity contribution in [2.75, 3.05) is 50.1 Å². The number of amides is 1. The van der Waals surface area contributed by atoms with Gasteiger partial charge < -0.3 is 20.1 Å². The molecule has 5 rings (SSSR count). The maximum atomic E-state index is 12.4. The molecule has 1 amide bonds. The highest BCUT2D eigenvalue weighted by Gasteiger charge is 2.11. The molecular weight excluding hydrogens is 452 g/mol. The SMILES string of the molecule is O=C(Nc1ccccc1)n1ccc(CNc2nc3ccc(OCCN4CCOCC4)cc3s2)n1. The third-order valence-electron chi connectivity index (χ3n) is 5.44. The van der Waals surface area contributed by atoms with Crippen LogP contribution in [0.3, 0.4) is 0 Å². The number of para-hydroxylation sites is 1. The van der Waals surface area contributed by atoms with Gasteiger partial charge in [-0.1, -0.05) is 29.5 Å². The summed E-state index contributed by atoms with van der Waals surface area (Å²) in [7, 11) is 0. The fraction of sp³-hybridized carbons (Fsp3) is 0.292. The number of morpholine rings is 1. The fourth-order valence-corrected chi connectivity index (χ4v) is 4.52. The molecule has 176 valence electrons. The zero-order valence-electron chi connectivity index (χ0n) is 18.6. The Bertz CT molecular complexity index is 1240. The number of ether oxygens (including phenoxy) is 2. The van der Waals surface area contributed by atoms with Gasteiger partial charge in [0.05, 0.1) is 35.7 Å². The lowest BCUT2D eigenvalue weighted by molar-refractivity contribution is 0.0322. The number of thiazole rings is 1. The van der Waals surface area contributed by atoms with Crippen molar-refractivity contribution in [3.63, 3.8) is 0 Å². The van der Waals surface area contributed by atoms with Crippen LogP contribution in [0.25, 0.3) is 10.2 Å². The summed E-state index contributed by atoms with van der Waals surface area (Å²) >= 11 is 1.56. The number of aromatic nitrogens is 3. The van der Waals surface area contributed by atoms with Gasteiger partial charge in [0.25, 0.3) is 0 Å². The number of hydrogen-bond donors (Lipinski definition) is 2. The molecule has 2 N–H and O–H groups in total. The smallest absolute Gasteiger partial charge is 0.346 e. The molecule has 10 heteroatoms. The zero-order chi connectivity index (χ0) is 23.2. The van der Waals surface area contributed by atoms with Crippen molar-refractivity contribution in [3.05, 3.63) is 66.5 Å². The van der Waals surface area contributed by atoms with Gasteiger partial charge in [0.1, 0.15) is 12.4 Å². The van der Waals surface area contributed by atoms with E-state index in [0.717, 1.165) is 65.3 Å². The first kappa shape index (κ1) is 22.3. The van der Waals surface area contributed by atoms with Crippen LogP contribution in [0.1, 0.15) is 5.69 Å². The molecule has 1 aliphatic rings. The predicted octanol–water partition coefficient (Wildman–Crippen LogP) is 3.90. The first-order chi connectivity index (χ1) is 16.7. The topological polar surface area (TPSA) is 93.5 Å². The Hall–Kier alpha value is -3.47. The molecule has 34 heavy (non-hydrogen) atoms. The Morgan fingerprint density at radius 3 is 2.82 bits per heavy atom. The summed E-state index contributed by atoms with van der Waals surface area (Å²) in [6, 6.07) is 16.8. The summed E-state index contributed by atoms with van der Waals surface area (Å²) in [6.45, 7) is 5.52. The van der Waals surface area contributed by atoms with Crippen LogP contribution in [0.15, 0.2) is 60.8 Å². The van der Waals surface area contributed by atoms with E-state index in [-0.39, 0.29) is 6.03 Å². The highest BCUT2D eigenvalue weighted by Crippen LogP contribution is 2.29. The van der Waals surface area contributed by atoms with E-state index in [1.165, 1.54) is 4.68 Å². The van der Waals surface area contributed by atoms with Gasteiger partial charge in [-0.15, -0.1) is 0 Å². The molecule has 0 bridgehead atoms. The van der Waals surface area contributed by atoms with E-state index in [1.54, 1.807) is 17.5 Å². The molecule has 9 nitrogen and oxygen atoms in total. The number of nitrogens with one attached hydrogen (secondary N) is 2. The molecule has 0 radical (unpaired) electrons. The molecule has 1 aliphatic heterocycles. The molecule has 0 unspecified atom stereocenters. The second-order valence-electron chi connectivity index (χ2n) is 7.85. The van der Waals surface area contributed by atoms with Crippen LogP contribution in [0.4, 0.5) is 15.6 Å². The van der Waals surface area contributed by atoms with Crippen molar-refractivity contribution >= 4 is 38.4 Å². The number of nitrogens with zero attached hydrogens (tertiary/aromatic N) is 4. The van der Waals surface area contributed by atoms with Gasteiger partial charge in [-0.2, -0.15) is 9.78 Å². The Labute approximate surface area is 201 Å².